The molecule has 0 aromatic rings. The molecule has 3 rings (SSSR count). The molecule has 0 radical (unpaired) electrons. The van der Waals surface area contributed by atoms with Crippen LogP contribution in [0.2, 0.25) is 0 Å². The van der Waals surface area contributed by atoms with E-state index in [-0.39, 0.29) is 5.54 Å². The summed E-state index contributed by atoms with van der Waals surface area (Å²) in [7, 11) is 2.26. The molecule has 0 aromatic carbocycles. The largest absolute Gasteiger partial charge is 0.306 e. The molecule has 0 bridgehead atoms. The van der Waals surface area contributed by atoms with Crippen molar-refractivity contribution in [2.24, 2.45) is 11.8 Å². The maximum Gasteiger partial charge on any atom is 0.109 e. The predicted molar refractivity (Wildman–Crippen MR) is 81.3 cm³/mol. The molecule has 2 atom stereocenters. The number of nitriles is 1. The molecular formula is C17H29N3. The topological polar surface area (TPSA) is 39.1 Å². The molecule has 112 valence electrons. The van der Waals surface area contributed by atoms with Crippen LogP contribution < -0.4 is 5.32 Å². The Morgan fingerprint density at radius 2 is 2.00 bits per heavy atom. The highest BCUT2D eigenvalue weighted by molar-refractivity contribution is 5.16. The minimum Gasteiger partial charge on any atom is -0.306 e. The third-order valence-corrected chi connectivity index (χ3v) is 5.71. The Hall–Kier alpha value is -0.590. The van der Waals surface area contributed by atoms with Crippen molar-refractivity contribution < 1.29 is 0 Å². The number of hydrogen-bond donors (Lipinski definition) is 1. The first-order valence-corrected chi connectivity index (χ1v) is 8.59. The fourth-order valence-corrected chi connectivity index (χ4v) is 4.01. The van der Waals surface area contributed by atoms with Gasteiger partial charge in [-0.3, -0.25) is 5.32 Å². The third-order valence-electron chi connectivity index (χ3n) is 5.71. The van der Waals surface area contributed by atoms with Crippen molar-refractivity contribution in [3.05, 3.63) is 0 Å². The van der Waals surface area contributed by atoms with Gasteiger partial charge in [0.25, 0.3) is 0 Å². The van der Waals surface area contributed by atoms with Crippen LogP contribution in [-0.4, -0.2) is 36.6 Å². The van der Waals surface area contributed by atoms with E-state index in [4.69, 9.17) is 0 Å². The van der Waals surface area contributed by atoms with E-state index < -0.39 is 0 Å². The lowest BCUT2D eigenvalue weighted by atomic mass is 9.84. The van der Waals surface area contributed by atoms with Gasteiger partial charge in [0.2, 0.25) is 0 Å². The number of nitrogens with one attached hydrogen (secondary N) is 1. The first-order chi connectivity index (χ1) is 9.72. The standard InChI is InChI=1S/C17H29N3/c1-20(12-14-4-2-5-14)11-9-15-6-3-10-17(15,13-18)19-16-7-8-16/h14-16,19H,2-12H2,1H3. The summed E-state index contributed by atoms with van der Waals surface area (Å²) in [5.74, 6) is 1.52. The Kier molecular flexibility index (Phi) is 4.33. The van der Waals surface area contributed by atoms with Gasteiger partial charge in [-0.1, -0.05) is 12.8 Å². The Bertz CT molecular complexity index is 367. The number of rotatable bonds is 7. The zero-order valence-corrected chi connectivity index (χ0v) is 12.9. The van der Waals surface area contributed by atoms with Crippen LogP contribution in [0.5, 0.6) is 0 Å². The van der Waals surface area contributed by atoms with Crippen LogP contribution in [-0.2, 0) is 0 Å². The van der Waals surface area contributed by atoms with E-state index in [1.54, 1.807) is 0 Å². The molecule has 0 heterocycles. The van der Waals surface area contributed by atoms with E-state index >= 15 is 0 Å². The molecule has 1 N–H and O–H groups in total. The number of hydrogen-bond acceptors (Lipinski definition) is 3. The molecule has 3 heteroatoms. The van der Waals surface area contributed by atoms with E-state index in [0.29, 0.717) is 12.0 Å². The first-order valence-electron chi connectivity index (χ1n) is 8.59. The summed E-state index contributed by atoms with van der Waals surface area (Å²) in [6.45, 7) is 2.43. The fraction of sp³-hybridized carbons (Fsp3) is 0.941. The first kappa shape index (κ1) is 14.4. The third kappa shape index (κ3) is 3.18. The van der Waals surface area contributed by atoms with E-state index in [0.717, 1.165) is 18.9 Å². The zero-order chi connectivity index (χ0) is 14.0. The normalized spacial score (nSPS) is 34.1. The minimum absolute atomic E-state index is 0.196. The molecule has 3 fully saturated rings. The van der Waals surface area contributed by atoms with E-state index in [1.165, 1.54) is 57.9 Å². The maximum atomic E-state index is 9.70. The van der Waals surface area contributed by atoms with E-state index in [1.807, 2.05) is 0 Å². The molecule has 0 saturated heterocycles. The second-order valence-electron chi connectivity index (χ2n) is 7.44. The molecule has 3 nitrogen and oxygen atoms in total. The lowest BCUT2D eigenvalue weighted by Crippen LogP contribution is -2.49. The van der Waals surface area contributed by atoms with Gasteiger partial charge >= 0.3 is 0 Å². The smallest absolute Gasteiger partial charge is 0.109 e. The predicted octanol–water partition coefficient (Wildman–Crippen LogP) is 2.92. The molecule has 2 unspecified atom stereocenters. The molecule has 3 aliphatic rings. The highest BCUT2D eigenvalue weighted by Crippen LogP contribution is 2.40. The zero-order valence-electron chi connectivity index (χ0n) is 12.9. The fourth-order valence-electron chi connectivity index (χ4n) is 4.01. The van der Waals surface area contributed by atoms with Crippen LogP contribution in [0.1, 0.15) is 57.8 Å². The summed E-state index contributed by atoms with van der Waals surface area (Å²) in [5.41, 5.74) is -0.196. The van der Waals surface area contributed by atoms with Crippen LogP contribution in [0.25, 0.3) is 0 Å². The highest BCUT2D eigenvalue weighted by Gasteiger charge is 2.45. The van der Waals surface area contributed by atoms with E-state index in [2.05, 4.69) is 23.3 Å². The lowest BCUT2D eigenvalue weighted by Gasteiger charge is -2.33. The van der Waals surface area contributed by atoms with Gasteiger partial charge in [0.05, 0.1) is 6.07 Å². The van der Waals surface area contributed by atoms with Gasteiger partial charge in [-0.05, 0) is 70.4 Å². The second-order valence-corrected chi connectivity index (χ2v) is 7.44. The molecule has 3 aliphatic carbocycles. The average Bonchev–Trinajstić information content (AvgIpc) is 3.11. The van der Waals surface area contributed by atoms with Crippen molar-refractivity contribution in [2.75, 3.05) is 20.1 Å². The minimum atomic E-state index is -0.196. The van der Waals surface area contributed by atoms with Crippen molar-refractivity contribution in [1.82, 2.24) is 10.2 Å². The van der Waals surface area contributed by atoms with Gasteiger partial charge in [-0.15, -0.1) is 0 Å². The molecule has 0 aromatic heterocycles. The molecule has 0 amide bonds. The van der Waals surface area contributed by atoms with E-state index in [9.17, 15) is 5.26 Å². The van der Waals surface area contributed by atoms with Gasteiger partial charge in [0.1, 0.15) is 5.54 Å². The van der Waals surface area contributed by atoms with Gasteiger partial charge < -0.3 is 4.90 Å². The van der Waals surface area contributed by atoms with Crippen LogP contribution in [0.15, 0.2) is 0 Å². The maximum absolute atomic E-state index is 9.70. The SMILES string of the molecule is CN(CCC1CCCC1(C#N)NC1CC1)CC1CCC1. The Morgan fingerprint density at radius 3 is 2.60 bits per heavy atom. The lowest BCUT2D eigenvalue weighted by molar-refractivity contribution is 0.186. The van der Waals surface area contributed by atoms with Crippen molar-refractivity contribution in [2.45, 2.75) is 69.4 Å². The van der Waals surface area contributed by atoms with Crippen LogP contribution in [0.3, 0.4) is 0 Å². The Morgan fingerprint density at radius 1 is 1.20 bits per heavy atom. The van der Waals surface area contributed by atoms with Gasteiger partial charge in [0.15, 0.2) is 0 Å². The van der Waals surface area contributed by atoms with Crippen molar-refractivity contribution in [1.29, 1.82) is 5.26 Å². The molecule has 20 heavy (non-hydrogen) atoms. The molecule has 0 aliphatic heterocycles. The van der Waals surface area contributed by atoms with Gasteiger partial charge in [0, 0.05) is 12.6 Å². The summed E-state index contributed by atoms with van der Waals surface area (Å²) in [6, 6.07) is 3.30. The number of nitrogens with zero attached hydrogens (tertiary/aromatic N) is 2. The highest BCUT2D eigenvalue weighted by atomic mass is 15.1. The molecule has 3 saturated carbocycles. The monoisotopic (exact) mass is 275 g/mol. The summed E-state index contributed by atoms with van der Waals surface area (Å²) in [6.07, 6.45) is 11.6. The summed E-state index contributed by atoms with van der Waals surface area (Å²) >= 11 is 0. The van der Waals surface area contributed by atoms with Gasteiger partial charge in [-0.2, -0.15) is 5.26 Å². The van der Waals surface area contributed by atoms with Crippen LogP contribution in [0, 0.1) is 23.2 Å². The molecule has 0 spiro atoms. The van der Waals surface area contributed by atoms with Crippen LogP contribution in [0.4, 0.5) is 0 Å². The van der Waals surface area contributed by atoms with Crippen molar-refractivity contribution in [3.8, 4) is 6.07 Å². The van der Waals surface area contributed by atoms with Gasteiger partial charge in [-0.25, -0.2) is 0 Å². The Labute approximate surface area is 123 Å². The van der Waals surface area contributed by atoms with Crippen LogP contribution >= 0.6 is 0 Å². The average molecular weight is 275 g/mol. The van der Waals surface area contributed by atoms with Crippen molar-refractivity contribution >= 4 is 0 Å². The summed E-state index contributed by atoms with van der Waals surface area (Å²) in [4.78, 5) is 2.50. The second kappa shape index (κ2) is 6.03. The summed E-state index contributed by atoms with van der Waals surface area (Å²) < 4.78 is 0. The molecular weight excluding hydrogens is 246 g/mol. The quantitative estimate of drug-likeness (QED) is 0.776. The summed E-state index contributed by atoms with van der Waals surface area (Å²) in [5, 5.41) is 13.4. The van der Waals surface area contributed by atoms with Crippen molar-refractivity contribution in [3.63, 3.8) is 0 Å². The Balaban J connectivity index is 1.48.